The SMILES string of the molecule is CC1CC(C)CN(CCCN2CCN(CCCN3CC=CCC3)C2=C(C#N)C#N)C1. The van der Waals surface area contributed by atoms with Gasteiger partial charge in [0.1, 0.15) is 18.0 Å². The Hall–Kier alpha value is -2.02. The highest BCUT2D eigenvalue weighted by Crippen LogP contribution is 2.24. The molecule has 0 N–H and O–H groups in total. The third-order valence-corrected chi connectivity index (χ3v) is 6.58. The third-order valence-electron chi connectivity index (χ3n) is 6.58. The van der Waals surface area contributed by atoms with E-state index in [1.54, 1.807) is 0 Å². The van der Waals surface area contributed by atoms with Gasteiger partial charge in [0.2, 0.25) is 0 Å². The summed E-state index contributed by atoms with van der Waals surface area (Å²) in [6.07, 6.45) is 9.14. The van der Waals surface area contributed by atoms with Crippen molar-refractivity contribution in [3.63, 3.8) is 0 Å². The molecule has 0 saturated carbocycles. The predicted octanol–water partition coefficient (Wildman–Crippen LogP) is 2.88. The number of likely N-dealkylation sites (tertiary alicyclic amines) is 1. The molecule has 0 bridgehead atoms. The second-order valence-corrected chi connectivity index (χ2v) is 9.37. The maximum Gasteiger partial charge on any atom is 0.169 e. The van der Waals surface area contributed by atoms with Crippen LogP contribution in [0, 0.1) is 34.5 Å². The summed E-state index contributed by atoms with van der Waals surface area (Å²) in [6, 6.07) is 4.30. The zero-order chi connectivity index (χ0) is 21.3. The highest BCUT2D eigenvalue weighted by molar-refractivity contribution is 5.40. The Morgan fingerprint density at radius 3 is 2.00 bits per heavy atom. The summed E-state index contributed by atoms with van der Waals surface area (Å²) < 4.78 is 0. The van der Waals surface area contributed by atoms with Gasteiger partial charge in [-0.05, 0) is 44.1 Å². The van der Waals surface area contributed by atoms with E-state index in [2.05, 4.69) is 57.7 Å². The largest absolute Gasteiger partial charge is 0.355 e. The molecule has 30 heavy (non-hydrogen) atoms. The zero-order valence-electron chi connectivity index (χ0n) is 18.9. The van der Waals surface area contributed by atoms with Gasteiger partial charge in [-0.1, -0.05) is 26.0 Å². The molecule has 0 spiro atoms. The standard InChI is InChI=1S/C24H38N6/c1-21-16-22(2)20-28(19-21)11-7-13-30-15-14-29(24(30)23(17-25)18-26)12-6-10-27-8-4-3-5-9-27/h3-4,21-22H,5-16,19-20H2,1-2H3. The summed E-state index contributed by atoms with van der Waals surface area (Å²) in [6.45, 7) is 15.2. The molecular formula is C24H38N6. The summed E-state index contributed by atoms with van der Waals surface area (Å²) in [7, 11) is 0. The van der Waals surface area contributed by atoms with Crippen LogP contribution in [0.2, 0.25) is 0 Å². The van der Waals surface area contributed by atoms with E-state index in [-0.39, 0.29) is 5.57 Å². The van der Waals surface area contributed by atoms with Crippen LogP contribution in [0.15, 0.2) is 23.5 Å². The minimum absolute atomic E-state index is 0.272. The van der Waals surface area contributed by atoms with Crippen LogP contribution in [0.3, 0.4) is 0 Å². The van der Waals surface area contributed by atoms with Crippen molar-refractivity contribution in [2.75, 3.05) is 65.4 Å². The number of allylic oxidation sites excluding steroid dienone is 1. The van der Waals surface area contributed by atoms with Gasteiger partial charge in [0.05, 0.1) is 0 Å². The molecule has 0 radical (unpaired) electrons. The topological polar surface area (TPSA) is 60.5 Å². The Balaban J connectivity index is 1.51. The Bertz CT molecular complexity index is 673. The lowest BCUT2D eigenvalue weighted by Gasteiger charge is -2.35. The van der Waals surface area contributed by atoms with Crippen molar-refractivity contribution in [3.05, 3.63) is 23.5 Å². The van der Waals surface area contributed by atoms with E-state index in [4.69, 9.17) is 0 Å². The number of nitrogens with zero attached hydrogens (tertiary/aromatic N) is 6. The second-order valence-electron chi connectivity index (χ2n) is 9.37. The van der Waals surface area contributed by atoms with Crippen LogP contribution in [-0.2, 0) is 0 Å². The lowest BCUT2D eigenvalue weighted by Crippen LogP contribution is -2.40. The maximum absolute atomic E-state index is 9.53. The van der Waals surface area contributed by atoms with E-state index in [0.29, 0.717) is 0 Å². The van der Waals surface area contributed by atoms with E-state index >= 15 is 0 Å². The van der Waals surface area contributed by atoms with Crippen molar-refractivity contribution in [2.45, 2.75) is 39.5 Å². The highest BCUT2D eigenvalue weighted by atomic mass is 15.4. The van der Waals surface area contributed by atoms with E-state index in [0.717, 1.165) is 89.3 Å². The molecule has 6 nitrogen and oxygen atoms in total. The monoisotopic (exact) mass is 410 g/mol. The number of piperidine rings is 1. The number of nitriles is 2. The first-order chi connectivity index (χ1) is 14.6. The summed E-state index contributed by atoms with van der Waals surface area (Å²) >= 11 is 0. The van der Waals surface area contributed by atoms with Gasteiger partial charge in [-0.25, -0.2) is 0 Å². The third kappa shape index (κ3) is 6.24. The lowest BCUT2D eigenvalue weighted by atomic mass is 9.92. The molecule has 2 atom stereocenters. The van der Waals surface area contributed by atoms with Crippen molar-refractivity contribution in [3.8, 4) is 12.1 Å². The van der Waals surface area contributed by atoms with Crippen LogP contribution < -0.4 is 0 Å². The fourth-order valence-electron chi connectivity index (χ4n) is 5.37. The highest BCUT2D eigenvalue weighted by Gasteiger charge is 2.28. The van der Waals surface area contributed by atoms with Gasteiger partial charge in [0.15, 0.2) is 5.57 Å². The molecule has 0 amide bonds. The van der Waals surface area contributed by atoms with Crippen molar-refractivity contribution < 1.29 is 0 Å². The van der Waals surface area contributed by atoms with Crippen LogP contribution in [0.1, 0.15) is 39.5 Å². The first kappa shape index (κ1) is 22.7. The van der Waals surface area contributed by atoms with Gasteiger partial charge in [0.25, 0.3) is 0 Å². The van der Waals surface area contributed by atoms with Crippen LogP contribution in [0.25, 0.3) is 0 Å². The van der Waals surface area contributed by atoms with Crippen molar-refractivity contribution >= 4 is 0 Å². The molecular weight excluding hydrogens is 372 g/mol. The maximum atomic E-state index is 9.53. The first-order valence-corrected chi connectivity index (χ1v) is 11.7. The molecule has 2 fully saturated rings. The summed E-state index contributed by atoms with van der Waals surface area (Å²) in [5.74, 6) is 2.44. The minimum atomic E-state index is 0.272. The number of hydrogen-bond donors (Lipinski definition) is 0. The smallest absolute Gasteiger partial charge is 0.169 e. The molecule has 164 valence electrons. The quantitative estimate of drug-likeness (QED) is 0.453. The van der Waals surface area contributed by atoms with Crippen molar-refractivity contribution in [2.24, 2.45) is 11.8 Å². The normalized spacial score (nSPS) is 25.4. The summed E-state index contributed by atoms with van der Waals surface area (Å²) in [4.78, 5) is 9.63. The molecule has 0 aromatic carbocycles. The molecule has 2 saturated heterocycles. The van der Waals surface area contributed by atoms with Gasteiger partial charge in [-0.2, -0.15) is 10.5 Å². The molecule has 0 aliphatic carbocycles. The summed E-state index contributed by atoms with van der Waals surface area (Å²) in [5.41, 5.74) is 0.272. The van der Waals surface area contributed by atoms with Gasteiger partial charge in [-0.3, -0.25) is 4.90 Å². The van der Waals surface area contributed by atoms with Gasteiger partial charge in [-0.15, -0.1) is 0 Å². The molecule has 3 aliphatic heterocycles. The lowest BCUT2D eigenvalue weighted by molar-refractivity contribution is 0.136. The molecule has 6 heteroatoms. The Morgan fingerprint density at radius 1 is 0.867 bits per heavy atom. The Labute approximate surface area is 183 Å². The van der Waals surface area contributed by atoms with Crippen LogP contribution in [0.4, 0.5) is 0 Å². The van der Waals surface area contributed by atoms with Crippen LogP contribution in [0.5, 0.6) is 0 Å². The Kier molecular flexibility index (Phi) is 8.61. The van der Waals surface area contributed by atoms with Gasteiger partial charge >= 0.3 is 0 Å². The van der Waals surface area contributed by atoms with Crippen molar-refractivity contribution in [1.82, 2.24) is 19.6 Å². The van der Waals surface area contributed by atoms with Crippen molar-refractivity contribution in [1.29, 1.82) is 10.5 Å². The average Bonchev–Trinajstić information content (AvgIpc) is 3.12. The van der Waals surface area contributed by atoms with Crippen LogP contribution in [-0.4, -0.2) is 85.0 Å². The molecule has 0 aromatic heterocycles. The van der Waals surface area contributed by atoms with Crippen LogP contribution >= 0.6 is 0 Å². The number of rotatable bonds is 8. The molecule has 3 aliphatic rings. The second kappa shape index (κ2) is 11.4. The van der Waals surface area contributed by atoms with Gasteiger partial charge in [0, 0.05) is 58.9 Å². The Morgan fingerprint density at radius 2 is 1.47 bits per heavy atom. The van der Waals surface area contributed by atoms with E-state index in [9.17, 15) is 10.5 Å². The zero-order valence-corrected chi connectivity index (χ0v) is 18.9. The van der Waals surface area contributed by atoms with E-state index in [1.165, 1.54) is 19.5 Å². The number of hydrogen-bond acceptors (Lipinski definition) is 6. The molecule has 3 heterocycles. The fraction of sp³-hybridized carbons (Fsp3) is 0.750. The van der Waals surface area contributed by atoms with E-state index in [1.807, 2.05) is 0 Å². The first-order valence-electron chi connectivity index (χ1n) is 11.7. The molecule has 0 aromatic rings. The predicted molar refractivity (Wildman–Crippen MR) is 120 cm³/mol. The fourth-order valence-corrected chi connectivity index (χ4v) is 5.37. The van der Waals surface area contributed by atoms with E-state index < -0.39 is 0 Å². The van der Waals surface area contributed by atoms with Gasteiger partial charge < -0.3 is 14.7 Å². The molecule has 2 unspecified atom stereocenters. The molecule has 3 rings (SSSR count). The summed E-state index contributed by atoms with van der Waals surface area (Å²) in [5, 5.41) is 19.1. The average molecular weight is 411 g/mol. The minimum Gasteiger partial charge on any atom is -0.355 e.